The molecule has 2 aromatic rings. The number of phenolic OH excluding ortho intramolecular Hbond substituents is 1. The predicted molar refractivity (Wildman–Crippen MR) is 127 cm³/mol. The Balaban J connectivity index is 1.79. The van der Waals surface area contributed by atoms with Gasteiger partial charge in [-0.1, -0.05) is 17.7 Å². The van der Waals surface area contributed by atoms with E-state index in [9.17, 15) is 19.5 Å². The Labute approximate surface area is 200 Å². The smallest absolute Gasteiger partial charge is 0.294 e. The number of halogens is 2. The van der Waals surface area contributed by atoms with Crippen molar-refractivity contribution >= 4 is 72.4 Å². The van der Waals surface area contributed by atoms with Crippen LogP contribution in [0.3, 0.4) is 0 Å². The maximum atomic E-state index is 12.8. The first kappa shape index (κ1) is 23.4. The van der Waals surface area contributed by atoms with E-state index in [0.29, 0.717) is 26.8 Å². The van der Waals surface area contributed by atoms with Crippen molar-refractivity contribution < 1.29 is 24.2 Å². The molecule has 0 radical (unpaired) electrons. The van der Waals surface area contributed by atoms with E-state index in [1.54, 1.807) is 25.1 Å². The summed E-state index contributed by atoms with van der Waals surface area (Å²) in [6, 6.07) is 8.76. The van der Waals surface area contributed by atoms with Crippen LogP contribution in [-0.2, 0) is 9.59 Å². The number of anilines is 1. The number of phenols is 1. The second-order valence-electron chi connectivity index (χ2n) is 6.56. The molecule has 0 saturated carbocycles. The van der Waals surface area contributed by atoms with E-state index in [-0.39, 0.29) is 22.9 Å². The highest BCUT2D eigenvalue weighted by atomic mass is 79.9. The lowest BCUT2D eigenvalue weighted by Crippen LogP contribution is -2.36. The van der Waals surface area contributed by atoms with Crippen molar-refractivity contribution in [3.05, 3.63) is 55.3 Å². The number of aromatic hydroxyl groups is 1. The molecular weight excluding hydrogens is 552 g/mol. The predicted octanol–water partition coefficient (Wildman–Crippen LogP) is 5.30. The van der Waals surface area contributed by atoms with Crippen LogP contribution in [0.25, 0.3) is 6.08 Å². The fourth-order valence-corrected chi connectivity index (χ4v) is 4.41. The van der Waals surface area contributed by atoms with Crippen molar-refractivity contribution in [1.82, 2.24) is 4.90 Å². The highest BCUT2D eigenvalue weighted by Crippen LogP contribution is 2.43. The summed E-state index contributed by atoms with van der Waals surface area (Å²) in [5, 5.41) is 12.3. The number of imide groups is 1. The molecule has 3 rings (SSSR count). The molecule has 2 N–H and O–H groups in total. The highest BCUT2D eigenvalue weighted by molar-refractivity contribution is 9.13. The zero-order valence-electron chi connectivity index (χ0n) is 16.6. The molecule has 0 unspecified atom stereocenters. The van der Waals surface area contributed by atoms with E-state index < -0.39 is 17.1 Å². The number of ether oxygens (including phenoxy) is 1. The van der Waals surface area contributed by atoms with Crippen LogP contribution < -0.4 is 10.1 Å². The largest absolute Gasteiger partial charge is 0.503 e. The summed E-state index contributed by atoms with van der Waals surface area (Å²) in [5.41, 5.74) is 2.16. The lowest BCUT2D eigenvalue weighted by Gasteiger charge is -2.13. The van der Waals surface area contributed by atoms with Crippen LogP contribution in [0.1, 0.15) is 18.1 Å². The summed E-state index contributed by atoms with van der Waals surface area (Å²) in [7, 11) is 0. The second kappa shape index (κ2) is 9.88. The van der Waals surface area contributed by atoms with Gasteiger partial charge in [-0.3, -0.25) is 19.3 Å². The average Bonchev–Trinajstić information content (AvgIpc) is 2.99. The van der Waals surface area contributed by atoms with Crippen LogP contribution in [0.4, 0.5) is 10.5 Å². The first-order chi connectivity index (χ1) is 14.7. The van der Waals surface area contributed by atoms with Gasteiger partial charge in [0.1, 0.15) is 6.54 Å². The number of amides is 3. The molecular formula is C21H18Br2N2O5S. The molecule has 1 aliphatic heterocycles. The second-order valence-corrected chi connectivity index (χ2v) is 9.13. The molecule has 0 atom stereocenters. The Morgan fingerprint density at radius 2 is 1.90 bits per heavy atom. The SMILES string of the molecule is CCOc1cc(/C=C2\SC(=O)N(CC(=O)Nc3ccc(C)cc3)C2=O)c(Br)c(Br)c1O. The molecule has 1 heterocycles. The topological polar surface area (TPSA) is 95.9 Å². The zero-order valence-corrected chi connectivity index (χ0v) is 20.6. The summed E-state index contributed by atoms with van der Waals surface area (Å²) in [4.78, 5) is 38.5. The Morgan fingerprint density at radius 1 is 1.23 bits per heavy atom. The van der Waals surface area contributed by atoms with E-state index in [1.807, 2.05) is 19.1 Å². The summed E-state index contributed by atoms with van der Waals surface area (Å²) < 4.78 is 6.27. The third kappa shape index (κ3) is 5.31. The maximum Gasteiger partial charge on any atom is 0.294 e. The molecule has 0 bridgehead atoms. The quantitative estimate of drug-likeness (QED) is 0.458. The zero-order chi connectivity index (χ0) is 22.7. The van der Waals surface area contributed by atoms with Crippen molar-refractivity contribution in [3.63, 3.8) is 0 Å². The van der Waals surface area contributed by atoms with Crippen molar-refractivity contribution in [3.8, 4) is 11.5 Å². The number of rotatable bonds is 6. The Bertz CT molecular complexity index is 1090. The van der Waals surface area contributed by atoms with Gasteiger partial charge >= 0.3 is 0 Å². The van der Waals surface area contributed by atoms with E-state index in [0.717, 1.165) is 22.2 Å². The van der Waals surface area contributed by atoms with Crippen molar-refractivity contribution in [1.29, 1.82) is 0 Å². The molecule has 1 fully saturated rings. The molecule has 3 amide bonds. The standard InChI is InChI=1S/C21H18Br2N2O5S/c1-3-30-14-8-12(17(22)18(23)19(14)27)9-15-20(28)25(21(29)31-15)10-16(26)24-13-6-4-11(2)5-7-13/h4-9,27H,3,10H2,1-2H3,(H,24,26)/b15-9-. The van der Waals surface area contributed by atoms with Crippen molar-refractivity contribution in [2.75, 3.05) is 18.5 Å². The van der Waals surface area contributed by atoms with Crippen molar-refractivity contribution in [2.24, 2.45) is 0 Å². The van der Waals surface area contributed by atoms with Gasteiger partial charge in [-0.15, -0.1) is 0 Å². The first-order valence-corrected chi connectivity index (χ1v) is 11.6. The fourth-order valence-electron chi connectivity index (χ4n) is 2.74. The number of carbonyl (C=O) groups is 3. The number of hydrogen-bond acceptors (Lipinski definition) is 6. The van der Waals surface area contributed by atoms with Crippen LogP contribution in [0.2, 0.25) is 0 Å². The molecule has 2 aromatic carbocycles. The summed E-state index contributed by atoms with van der Waals surface area (Å²) >= 11 is 7.39. The van der Waals surface area contributed by atoms with Crippen LogP contribution in [0.15, 0.2) is 44.2 Å². The van der Waals surface area contributed by atoms with Crippen molar-refractivity contribution in [2.45, 2.75) is 13.8 Å². The maximum absolute atomic E-state index is 12.8. The summed E-state index contributed by atoms with van der Waals surface area (Å²) in [6.45, 7) is 3.66. The minimum Gasteiger partial charge on any atom is -0.503 e. The molecule has 0 aromatic heterocycles. The van der Waals surface area contributed by atoms with Gasteiger partial charge in [0.25, 0.3) is 11.1 Å². The van der Waals surface area contributed by atoms with Gasteiger partial charge in [-0.05, 0) is 87.3 Å². The number of aryl methyl sites for hydroxylation is 1. The van der Waals surface area contributed by atoms with Crippen LogP contribution in [0.5, 0.6) is 11.5 Å². The lowest BCUT2D eigenvalue weighted by molar-refractivity contribution is -0.127. The Hall–Kier alpha value is -2.30. The summed E-state index contributed by atoms with van der Waals surface area (Å²) in [6.07, 6.45) is 1.51. The van der Waals surface area contributed by atoms with Gasteiger partial charge in [-0.25, -0.2) is 0 Å². The Kier molecular flexibility index (Phi) is 7.45. The molecule has 0 aliphatic carbocycles. The number of benzene rings is 2. The van der Waals surface area contributed by atoms with Gasteiger partial charge in [0.05, 0.1) is 16.0 Å². The molecule has 0 spiro atoms. The van der Waals surface area contributed by atoms with Gasteiger partial charge < -0.3 is 15.2 Å². The third-order valence-corrected chi connectivity index (χ3v) is 7.34. The highest BCUT2D eigenvalue weighted by Gasteiger charge is 2.36. The van der Waals surface area contributed by atoms with Gasteiger partial charge in [0.15, 0.2) is 11.5 Å². The Morgan fingerprint density at radius 3 is 2.55 bits per heavy atom. The number of carbonyl (C=O) groups excluding carboxylic acids is 3. The number of thioether (sulfide) groups is 1. The van der Waals surface area contributed by atoms with Crippen LogP contribution in [-0.4, -0.2) is 40.2 Å². The van der Waals surface area contributed by atoms with Gasteiger partial charge in [0, 0.05) is 10.2 Å². The number of hydrogen-bond donors (Lipinski definition) is 2. The average molecular weight is 570 g/mol. The minimum atomic E-state index is -0.567. The molecule has 162 valence electrons. The van der Waals surface area contributed by atoms with Gasteiger partial charge in [-0.2, -0.15) is 0 Å². The number of nitrogens with one attached hydrogen (secondary N) is 1. The van der Waals surface area contributed by atoms with E-state index in [2.05, 4.69) is 37.2 Å². The van der Waals surface area contributed by atoms with E-state index in [4.69, 9.17) is 4.74 Å². The molecule has 1 aliphatic rings. The lowest BCUT2D eigenvalue weighted by atomic mass is 10.2. The number of nitrogens with zero attached hydrogens (tertiary/aromatic N) is 1. The molecule has 7 nitrogen and oxygen atoms in total. The van der Waals surface area contributed by atoms with Crippen LogP contribution >= 0.6 is 43.6 Å². The minimum absolute atomic E-state index is 0.0771. The summed E-state index contributed by atoms with van der Waals surface area (Å²) in [5.74, 6) is -0.880. The van der Waals surface area contributed by atoms with Gasteiger partial charge in [0.2, 0.25) is 5.91 Å². The molecule has 31 heavy (non-hydrogen) atoms. The van der Waals surface area contributed by atoms with Crippen LogP contribution in [0, 0.1) is 6.92 Å². The fraction of sp³-hybridized carbons (Fsp3) is 0.190. The van der Waals surface area contributed by atoms with E-state index >= 15 is 0 Å². The normalized spacial score (nSPS) is 15.0. The third-order valence-electron chi connectivity index (χ3n) is 4.27. The molecule has 1 saturated heterocycles. The first-order valence-electron chi connectivity index (χ1n) is 9.17. The van der Waals surface area contributed by atoms with E-state index in [1.165, 1.54) is 6.08 Å². The molecule has 10 heteroatoms. The monoisotopic (exact) mass is 568 g/mol.